The van der Waals surface area contributed by atoms with Gasteiger partial charge >= 0.3 is 0 Å². The number of phenols is 1. The molecule has 0 aliphatic carbocycles. The standard InChI is InChI=1S/C20H25NO3.ClH/c1-2-21-13-12-20(23,14-16-6-4-3-5-7-16)15-19(21)24-18-10-8-17(22)9-11-18;/h3-11,19,22-23H,2,12-15H2,1H3;1H. The zero-order valence-electron chi connectivity index (χ0n) is 14.5. The van der Waals surface area contributed by atoms with Crippen molar-refractivity contribution in [2.45, 2.75) is 38.0 Å². The van der Waals surface area contributed by atoms with E-state index in [1.807, 2.05) is 18.2 Å². The van der Waals surface area contributed by atoms with E-state index in [2.05, 4.69) is 24.0 Å². The molecule has 0 bridgehead atoms. The van der Waals surface area contributed by atoms with Gasteiger partial charge in [0.15, 0.2) is 6.23 Å². The van der Waals surface area contributed by atoms with E-state index in [1.54, 1.807) is 24.3 Å². The zero-order valence-corrected chi connectivity index (χ0v) is 15.3. The van der Waals surface area contributed by atoms with E-state index >= 15 is 0 Å². The molecule has 0 radical (unpaired) electrons. The number of piperidine rings is 1. The number of halogens is 1. The third-order valence-corrected chi connectivity index (χ3v) is 4.72. The second kappa shape index (κ2) is 8.56. The summed E-state index contributed by atoms with van der Waals surface area (Å²) in [6, 6.07) is 16.9. The molecule has 1 heterocycles. The van der Waals surface area contributed by atoms with Gasteiger partial charge in [0.05, 0.1) is 5.60 Å². The van der Waals surface area contributed by atoms with Crippen LogP contribution in [0, 0.1) is 0 Å². The van der Waals surface area contributed by atoms with E-state index in [-0.39, 0.29) is 24.4 Å². The maximum Gasteiger partial charge on any atom is 0.155 e. The van der Waals surface area contributed by atoms with Crippen molar-refractivity contribution in [3.63, 3.8) is 0 Å². The molecule has 1 saturated heterocycles. The maximum atomic E-state index is 11.1. The van der Waals surface area contributed by atoms with E-state index in [0.29, 0.717) is 18.6 Å². The maximum absolute atomic E-state index is 11.1. The predicted molar refractivity (Wildman–Crippen MR) is 101 cm³/mol. The summed E-state index contributed by atoms with van der Waals surface area (Å²) in [6.45, 7) is 3.79. The molecule has 136 valence electrons. The van der Waals surface area contributed by atoms with Crippen molar-refractivity contribution < 1.29 is 14.9 Å². The first-order valence-corrected chi connectivity index (χ1v) is 8.54. The van der Waals surface area contributed by atoms with Crippen molar-refractivity contribution in [1.82, 2.24) is 4.90 Å². The van der Waals surface area contributed by atoms with Crippen LogP contribution in [0.15, 0.2) is 54.6 Å². The Morgan fingerprint density at radius 2 is 1.80 bits per heavy atom. The lowest BCUT2D eigenvalue weighted by molar-refractivity contribution is -0.103. The molecule has 1 fully saturated rings. The van der Waals surface area contributed by atoms with Crippen LogP contribution in [0.2, 0.25) is 0 Å². The highest BCUT2D eigenvalue weighted by Gasteiger charge is 2.39. The van der Waals surface area contributed by atoms with Crippen molar-refractivity contribution in [2.75, 3.05) is 13.1 Å². The minimum atomic E-state index is -0.755. The van der Waals surface area contributed by atoms with Crippen molar-refractivity contribution in [2.24, 2.45) is 0 Å². The molecule has 2 N–H and O–H groups in total. The van der Waals surface area contributed by atoms with Crippen LogP contribution in [-0.2, 0) is 6.42 Å². The Hall–Kier alpha value is -1.75. The molecule has 1 aliphatic rings. The van der Waals surface area contributed by atoms with Crippen molar-refractivity contribution in [3.8, 4) is 11.5 Å². The highest BCUT2D eigenvalue weighted by molar-refractivity contribution is 5.85. The van der Waals surface area contributed by atoms with E-state index in [0.717, 1.165) is 25.1 Å². The second-order valence-electron chi connectivity index (χ2n) is 6.54. The third-order valence-electron chi connectivity index (χ3n) is 4.72. The molecule has 5 heteroatoms. The summed E-state index contributed by atoms with van der Waals surface area (Å²) in [5.41, 5.74) is 0.391. The van der Waals surface area contributed by atoms with Gasteiger partial charge in [-0.05, 0) is 42.8 Å². The molecule has 1 aliphatic heterocycles. The summed E-state index contributed by atoms with van der Waals surface area (Å²) in [5, 5.41) is 20.5. The molecule has 3 rings (SSSR count). The Morgan fingerprint density at radius 3 is 2.44 bits per heavy atom. The first-order chi connectivity index (χ1) is 11.6. The lowest BCUT2D eigenvalue weighted by atomic mass is 9.84. The Labute approximate surface area is 155 Å². The highest BCUT2D eigenvalue weighted by atomic mass is 35.5. The Morgan fingerprint density at radius 1 is 1.12 bits per heavy atom. The topological polar surface area (TPSA) is 52.9 Å². The zero-order chi connectivity index (χ0) is 17.0. The second-order valence-corrected chi connectivity index (χ2v) is 6.54. The highest BCUT2D eigenvalue weighted by Crippen LogP contribution is 2.31. The summed E-state index contributed by atoms with van der Waals surface area (Å²) < 4.78 is 6.10. The number of rotatable bonds is 5. The van der Waals surface area contributed by atoms with Crippen LogP contribution in [0.25, 0.3) is 0 Å². The molecule has 0 spiro atoms. The van der Waals surface area contributed by atoms with Gasteiger partial charge in [-0.25, -0.2) is 0 Å². The number of likely N-dealkylation sites (tertiary alicyclic amines) is 1. The largest absolute Gasteiger partial charge is 0.508 e. The monoisotopic (exact) mass is 363 g/mol. The molecule has 2 atom stereocenters. The fraction of sp³-hybridized carbons (Fsp3) is 0.400. The lowest BCUT2D eigenvalue weighted by Gasteiger charge is -2.43. The molecular weight excluding hydrogens is 338 g/mol. The number of hydrogen-bond acceptors (Lipinski definition) is 4. The fourth-order valence-corrected chi connectivity index (χ4v) is 3.35. The summed E-state index contributed by atoms with van der Waals surface area (Å²) in [6.07, 6.45) is 1.78. The van der Waals surface area contributed by atoms with Crippen LogP contribution in [0.3, 0.4) is 0 Å². The van der Waals surface area contributed by atoms with Gasteiger partial charge in [-0.1, -0.05) is 37.3 Å². The molecule has 0 aromatic heterocycles. The summed E-state index contributed by atoms with van der Waals surface area (Å²) in [5.74, 6) is 0.930. The Bertz CT molecular complexity index is 650. The molecule has 2 unspecified atom stereocenters. The molecule has 4 nitrogen and oxygen atoms in total. The first-order valence-electron chi connectivity index (χ1n) is 8.54. The van der Waals surface area contributed by atoms with E-state index in [9.17, 15) is 10.2 Å². The molecule has 25 heavy (non-hydrogen) atoms. The number of ether oxygens (including phenoxy) is 1. The minimum absolute atomic E-state index is 0. The third kappa shape index (κ3) is 5.11. The summed E-state index contributed by atoms with van der Waals surface area (Å²) in [7, 11) is 0. The lowest BCUT2D eigenvalue weighted by Crippen LogP contribution is -2.53. The fourth-order valence-electron chi connectivity index (χ4n) is 3.35. The van der Waals surface area contributed by atoms with Crippen LogP contribution in [0.5, 0.6) is 11.5 Å². The summed E-state index contributed by atoms with van der Waals surface area (Å²) >= 11 is 0. The van der Waals surface area contributed by atoms with Gasteiger partial charge < -0.3 is 14.9 Å². The smallest absolute Gasteiger partial charge is 0.155 e. The van der Waals surface area contributed by atoms with Crippen LogP contribution in [-0.4, -0.2) is 40.0 Å². The van der Waals surface area contributed by atoms with Crippen LogP contribution < -0.4 is 4.74 Å². The van der Waals surface area contributed by atoms with Crippen molar-refractivity contribution >= 4 is 12.4 Å². The van der Waals surface area contributed by atoms with E-state index < -0.39 is 5.60 Å². The number of phenolic OH excluding ortho intramolecular Hbond substituents is 1. The Kier molecular flexibility index (Phi) is 6.71. The van der Waals surface area contributed by atoms with Crippen molar-refractivity contribution in [1.29, 1.82) is 0 Å². The van der Waals surface area contributed by atoms with Gasteiger partial charge in [0, 0.05) is 19.4 Å². The quantitative estimate of drug-likeness (QED) is 0.852. The number of benzene rings is 2. The molecular formula is C20H26ClNO3. The molecule has 0 amide bonds. The van der Waals surface area contributed by atoms with Gasteiger partial charge in [0.2, 0.25) is 0 Å². The summed E-state index contributed by atoms with van der Waals surface area (Å²) in [4.78, 5) is 2.24. The van der Waals surface area contributed by atoms with Gasteiger partial charge in [0.25, 0.3) is 0 Å². The number of aliphatic hydroxyl groups is 1. The SMILES string of the molecule is CCN1CCC(O)(Cc2ccccc2)CC1Oc1ccc(O)cc1.Cl. The van der Waals surface area contributed by atoms with Crippen LogP contribution >= 0.6 is 12.4 Å². The average Bonchev–Trinajstić information content (AvgIpc) is 2.58. The Balaban J connectivity index is 0.00000225. The number of nitrogens with zero attached hydrogens (tertiary/aromatic N) is 1. The van der Waals surface area contributed by atoms with E-state index in [1.165, 1.54) is 0 Å². The number of hydrogen-bond donors (Lipinski definition) is 2. The van der Waals surface area contributed by atoms with Crippen LogP contribution in [0.1, 0.15) is 25.3 Å². The molecule has 2 aromatic carbocycles. The van der Waals surface area contributed by atoms with Gasteiger partial charge in [-0.15, -0.1) is 12.4 Å². The average molecular weight is 364 g/mol. The molecule has 2 aromatic rings. The minimum Gasteiger partial charge on any atom is -0.508 e. The van der Waals surface area contributed by atoms with Crippen molar-refractivity contribution in [3.05, 3.63) is 60.2 Å². The number of aromatic hydroxyl groups is 1. The molecule has 0 saturated carbocycles. The normalized spacial score (nSPS) is 23.7. The van der Waals surface area contributed by atoms with Crippen LogP contribution in [0.4, 0.5) is 0 Å². The van der Waals surface area contributed by atoms with Gasteiger partial charge in [-0.2, -0.15) is 0 Å². The van der Waals surface area contributed by atoms with Gasteiger partial charge in [-0.3, -0.25) is 4.90 Å². The predicted octanol–water partition coefficient (Wildman–Crippen LogP) is 3.61. The van der Waals surface area contributed by atoms with E-state index in [4.69, 9.17) is 4.74 Å². The first kappa shape index (κ1) is 19.6. The van der Waals surface area contributed by atoms with Gasteiger partial charge in [0.1, 0.15) is 11.5 Å².